The minimum absolute atomic E-state index is 0.211. The van der Waals surface area contributed by atoms with Crippen LogP contribution in [-0.2, 0) is 14.4 Å². The number of nitrogens with one attached hydrogen (secondary N) is 1. The number of hydrogen-bond donors (Lipinski definition) is 1. The molecular formula is C26H26IN3O6S. The molecule has 2 aromatic carbocycles. The fourth-order valence-electron chi connectivity index (χ4n) is 3.99. The van der Waals surface area contributed by atoms with E-state index >= 15 is 0 Å². The fourth-order valence-corrected chi connectivity index (χ4v) is 5.61. The molecule has 0 radical (unpaired) electrons. The molecular weight excluding hydrogens is 609 g/mol. The van der Waals surface area contributed by atoms with Crippen molar-refractivity contribution in [1.29, 1.82) is 0 Å². The van der Waals surface area contributed by atoms with E-state index in [0.29, 0.717) is 39.4 Å². The molecule has 2 aromatic rings. The molecule has 4 amide bonds. The highest BCUT2D eigenvalue weighted by molar-refractivity contribution is 14.1. The number of carbonyl (C=O) groups excluding carboxylic acids is 4. The second-order valence-electron chi connectivity index (χ2n) is 8.45. The van der Waals surface area contributed by atoms with Crippen LogP contribution >= 0.6 is 34.4 Å². The molecule has 4 rings (SSSR count). The quantitative estimate of drug-likeness (QED) is 0.340. The average Bonchev–Trinajstić information content (AvgIpc) is 3.16. The number of benzene rings is 2. The van der Waals surface area contributed by atoms with Crippen LogP contribution in [-0.4, -0.2) is 66.1 Å². The maximum atomic E-state index is 12.9. The SMILES string of the molecule is COc1cc(/C=C2\SC(=O)N(CC(=O)N3CCCCC3)C2=O)cc(I)c1OCC(=O)Nc1ccccc1. The van der Waals surface area contributed by atoms with Crippen molar-refractivity contribution in [3.8, 4) is 11.5 Å². The third kappa shape index (κ3) is 6.83. The number of ether oxygens (including phenoxy) is 2. The predicted molar refractivity (Wildman–Crippen MR) is 149 cm³/mol. The molecule has 0 spiro atoms. The average molecular weight is 635 g/mol. The van der Waals surface area contributed by atoms with Crippen LogP contribution in [0.2, 0.25) is 0 Å². The van der Waals surface area contributed by atoms with Crippen molar-refractivity contribution in [1.82, 2.24) is 9.80 Å². The summed E-state index contributed by atoms with van der Waals surface area (Å²) in [5.74, 6) is -0.251. The van der Waals surface area contributed by atoms with E-state index in [1.54, 1.807) is 35.2 Å². The summed E-state index contributed by atoms with van der Waals surface area (Å²) in [5, 5.41) is 2.29. The van der Waals surface area contributed by atoms with E-state index in [4.69, 9.17) is 9.47 Å². The molecule has 194 valence electrons. The number of carbonyl (C=O) groups is 4. The topological polar surface area (TPSA) is 105 Å². The van der Waals surface area contributed by atoms with Gasteiger partial charge in [-0.05, 0) is 89.5 Å². The van der Waals surface area contributed by atoms with Gasteiger partial charge in [-0.15, -0.1) is 0 Å². The number of rotatable bonds is 8. The molecule has 2 saturated heterocycles. The number of piperidine rings is 1. The molecule has 2 fully saturated rings. The van der Waals surface area contributed by atoms with Gasteiger partial charge in [-0.2, -0.15) is 0 Å². The lowest BCUT2D eigenvalue weighted by Gasteiger charge is -2.27. The van der Waals surface area contributed by atoms with E-state index in [0.717, 1.165) is 35.9 Å². The Morgan fingerprint density at radius 2 is 1.84 bits per heavy atom. The Kier molecular flexibility index (Phi) is 9.09. The Hall–Kier alpha value is -3.06. The van der Waals surface area contributed by atoms with Gasteiger partial charge in [-0.3, -0.25) is 24.1 Å². The number of amides is 4. The summed E-state index contributed by atoms with van der Waals surface area (Å²) in [6.45, 7) is 0.849. The van der Waals surface area contributed by atoms with Gasteiger partial charge in [0, 0.05) is 18.8 Å². The summed E-state index contributed by atoms with van der Waals surface area (Å²) in [7, 11) is 1.48. The van der Waals surface area contributed by atoms with Crippen molar-refractivity contribution in [3.63, 3.8) is 0 Å². The van der Waals surface area contributed by atoms with Gasteiger partial charge in [0.25, 0.3) is 17.1 Å². The van der Waals surface area contributed by atoms with Crippen LogP contribution < -0.4 is 14.8 Å². The zero-order valence-corrected chi connectivity index (χ0v) is 23.2. The molecule has 0 bridgehead atoms. The monoisotopic (exact) mass is 635 g/mol. The summed E-state index contributed by atoms with van der Waals surface area (Å²) in [5.41, 5.74) is 1.29. The van der Waals surface area contributed by atoms with E-state index in [2.05, 4.69) is 27.9 Å². The first-order valence-corrected chi connectivity index (χ1v) is 13.6. The summed E-state index contributed by atoms with van der Waals surface area (Å²) in [6.07, 6.45) is 4.55. The van der Waals surface area contributed by atoms with E-state index in [1.165, 1.54) is 7.11 Å². The highest BCUT2D eigenvalue weighted by atomic mass is 127. The summed E-state index contributed by atoms with van der Waals surface area (Å²) in [4.78, 5) is 53.2. The minimum atomic E-state index is -0.493. The van der Waals surface area contributed by atoms with Crippen molar-refractivity contribution in [2.45, 2.75) is 19.3 Å². The van der Waals surface area contributed by atoms with E-state index in [-0.39, 0.29) is 29.9 Å². The number of hydrogen-bond acceptors (Lipinski definition) is 7. The van der Waals surface area contributed by atoms with Crippen LogP contribution in [0.25, 0.3) is 6.08 Å². The molecule has 11 heteroatoms. The largest absolute Gasteiger partial charge is 0.493 e. The predicted octanol–water partition coefficient (Wildman–Crippen LogP) is 4.37. The second-order valence-corrected chi connectivity index (χ2v) is 10.6. The van der Waals surface area contributed by atoms with Gasteiger partial charge < -0.3 is 19.7 Å². The smallest absolute Gasteiger partial charge is 0.294 e. The Morgan fingerprint density at radius 1 is 1.11 bits per heavy atom. The van der Waals surface area contributed by atoms with Crippen LogP contribution in [0.3, 0.4) is 0 Å². The van der Waals surface area contributed by atoms with Gasteiger partial charge in [0.05, 0.1) is 15.6 Å². The van der Waals surface area contributed by atoms with Gasteiger partial charge in [0.15, 0.2) is 18.1 Å². The Balaban J connectivity index is 1.43. The third-order valence-electron chi connectivity index (χ3n) is 5.83. The highest BCUT2D eigenvalue weighted by Crippen LogP contribution is 2.37. The van der Waals surface area contributed by atoms with Gasteiger partial charge in [0.2, 0.25) is 5.91 Å². The van der Waals surface area contributed by atoms with Crippen LogP contribution in [0, 0.1) is 3.57 Å². The number of likely N-dealkylation sites (tertiary alicyclic amines) is 1. The second kappa shape index (κ2) is 12.5. The maximum absolute atomic E-state index is 12.9. The molecule has 0 aromatic heterocycles. The third-order valence-corrected chi connectivity index (χ3v) is 7.54. The van der Waals surface area contributed by atoms with Crippen molar-refractivity contribution < 1.29 is 28.7 Å². The standard InChI is InChI=1S/C26H26IN3O6S/c1-35-20-13-17(12-19(27)24(20)36-16-22(31)28-18-8-4-2-5-9-18)14-21-25(33)30(26(34)37-21)15-23(32)29-10-6-3-7-11-29/h2,4-5,8-9,12-14H,3,6-7,10-11,15-16H2,1H3,(H,28,31)/b21-14-. The Labute approximate surface area is 232 Å². The number of methoxy groups -OCH3 is 1. The van der Waals surface area contributed by atoms with Gasteiger partial charge in [-0.1, -0.05) is 18.2 Å². The number of anilines is 1. The molecule has 0 aliphatic carbocycles. The van der Waals surface area contributed by atoms with Crippen LogP contribution in [0.15, 0.2) is 47.4 Å². The number of thioether (sulfide) groups is 1. The molecule has 0 saturated carbocycles. The number of para-hydroxylation sites is 1. The Morgan fingerprint density at radius 3 is 2.54 bits per heavy atom. The Bertz CT molecular complexity index is 1230. The molecule has 9 nitrogen and oxygen atoms in total. The summed E-state index contributed by atoms with van der Waals surface area (Å²) < 4.78 is 11.9. The van der Waals surface area contributed by atoms with E-state index in [9.17, 15) is 19.2 Å². The number of nitrogens with zero attached hydrogens (tertiary/aromatic N) is 2. The highest BCUT2D eigenvalue weighted by Gasteiger charge is 2.37. The maximum Gasteiger partial charge on any atom is 0.294 e. The van der Waals surface area contributed by atoms with Crippen molar-refractivity contribution in [2.75, 3.05) is 38.7 Å². The molecule has 0 atom stereocenters. The first kappa shape index (κ1) is 27.0. The minimum Gasteiger partial charge on any atom is -0.493 e. The normalized spacial score (nSPS) is 16.8. The van der Waals surface area contributed by atoms with Gasteiger partial charge >= 0.3 is 0 Å². The molecule has 2 aliphatic heterocycles. The van der Waals surface area contributed by atoms with Crippen molar-refractivity contribution in [3.05, 3.63) is 56.5 Å². The number of imide groups is 1. The first-order chi connectivity index (χ1) is 17.9. The van der Waals surface area contributed by atoms with Crippen molar-refractivity contribution in [2.24, 2.45) is 0 Å². The lowest BCUT2D eigenvalue weighted by molar-refractivity contribution is -0.136. The fraction of sp³-hybridized carbons (Fsp3) is 0.308. The zero-order valence-electron chi connectivity index (χ0n) is 20.2. The summed E-state index contributed by atoms with van der Waals surface area (Å²) in [6, 6.07) is 12.5. The molecule has 37 heavy (non-hydrogen) atoms. The number of halogens is 1. The van der Waals surface area contributed by atoms with Crippen molar-refractivity contribution >= 4 is 69.1 Å². The van der Waals surface area contributed by atoms with Gasteiger partial charge in [0.1, 0.15) is 6.54 Å². The molecule has 2 aliphatic rings. The van der Waals surface area contributed by atoms with E-state index < -0.39 is 11.1 Å². The first-order valence-electron chi connectivity index (χ1n) is 11.7. The van der Waals surface area contributed by atoms with Crippen LogP contribution in [0.5, 0.6) is 11.5 Å². The van der Waals surface area contributed by atoms with E-state index in [1.807, 2.05) is 18.2 Å². The van der Waals surface area contributed by atoms with Gasteiger partial charge in [-0.25, -0.2) is 0 Å². The van der Waals surface area contributed by atoms with Crippen LogP contribution in [0.1, 0.15) is 24.8 Å². The lowest BCUT2D eigenvalue weighted by Crippen LogP contribution is -2.44. The lowest BCUT2D eigenvalue weighted by atomic mass is 10.1. The molecule has 2 heterocycles. The molecule has 1 N–H and O–H groups in total. The van der Waals surface area contributed by atoms with Crippen LogP contribution in [0.4, 0.5) is 10.5 Å². The summed E-state index contributed by atoms with van der Waals surface area (Å²) >= 11 is 2.86. The molecule has 0 unspecified atom stereocenters. The zero-order chi connectivity index (χ0) is 26.4.